The number of thiophene rings is 1. The average molecular weight is 349 g/mol. The summed E-state index contributed by atoms with van der Waals surface area (Å²) in [4.78, 5) is 1.41. The summed E-state index contributed by atoms with van der Waals surface area (Å²) in [5.41, 5.74) is 0. The number of rotatable bonds is 4. The number of nitrogens with one attached hydrogen (secondary N) is 1. The number of hydrogen-bond donors (Lipinski definition) is 1. The largest absolute Gasteiger partial charge is 0.309 e. The Morgan fingerprint density at radius 1 is 1.50 bits per heavy atom. The van der Waals surface area contributed by atoms with Gasteiger partial charge in [0, 0.05) is 10.9 Å². The standard InChI is InChI=1S/C14H19BrClNS/c1-2-17-13(12-7-11(16)14(15)18-12)10-6-8-3-4-9(10)5-8/h7-10,13,17H,2-6H2,1H3. The van der Waals surface area contributed by atoms with E-state index in [4.69, 9.17) is 11.6 Å². The van der Waals surface area contributed by atoms with Gasteiger partial charge in [0.15, 0.2) is 0 Å². The van der Waals surface area contributed by atoms with Crippen molar-refractivity contribution in [1.29, 1.82) is 0 Å². The maximum absolute atomic E-state index is 6.20. The number of hydrogen-bond acceptors (Lipinski definition) is 2. The van der Waals surface area contributed by atoms with Crippen LogP contribution in [0.5, 0.6) is 0 Å². The van der Waals surface area contributed by atoms with E-state index in [0.717, 1.165) is 33.1 Å². The van der Waals surface area contributed by atoms with Crippen LogP contribution in [0.1, 0.15) is 43.5 Å². The van der Waals surface area contributed by atoms with Gasteiger partial charge in [0.25, 0.3) is 0 Å². The highest BCUT2D eigenvalue weighted by Crippen LogP contribution is 2.53. The summed E-state index contributed by atoms with van der Waals surface area (Å²) in [7, 11) is 0. The molecule has 4 unspecified atom stereocenters. The molecule has 0 saturated heterocycles. The minimum absolute atomic E-state index is 0.513. The lowest BCUT2D eigenvalue weighted by Crippen LogP contribution is -2.30. The number of halogens is 2. The first-order chi connectivity index (χ1) is 8.69. The van der Waals surface area contributed by atoms with Gasteiger partial charge in [-0.2, -0.15) is 0 Å². The molecule has 1 aromatic heterocycles. The molecule has 1 aromatic rings. The molecule has 0 aromatic carbocycles. The fourth-order valence-corrected chi connectivity index (χ4v) is 5.80. The Labute approximate surface area is 126 Å². The first kappa shape index (κ1) is 13.4. The minimum Gasteiger partial charge on any atom is -0.309 e. The first-order valence-electron chi connectivity index (χ1n) is 6.87. The van der Waals surface area contributed by atoms with Crippen molar-refractivity contribution < 1.29 is 0 Å². The maximum Gasteiger partial charge on any atom is 0.0887 e. The molecule has 1 N–H and O–H groups in total. The van der Waals surface area contributed by atoms with Gasteiger partial charge in [0.05, 0.1) is 8.81 Å². The van der Waals surface area contributed by atoms with Crippen molar-refractivity contribution in [2.45, 2.75) is 38.6 Å². The fraction of sp³-hybridized carbons (Fsp3) is 0.714. The Bertz CT molecular complexity index is 414. The van der Waals surface area contributed by atoms with Gasteiger partial charge in [-0.25, -0.2) is 0 Å². The quantitative estimate of drug-likeness (QED) is 0.783. The maximum atomic E-state index is 6.20. The van der Waals surface area contributed by atoms with E-state index < -0.39 is 0 Å². The molecule has 3 rings (SSSR count). The second-order valence-corrected chi connectivity index (χ2v) is 8.45. The van der Waals surface area contributed by atoms with E-state index in [2.05, 4.69) is 34.2 Å². The highest BCUT2D eigenvalue weighted by Gasteiger charge is 2.43. The zero-order valence-corrected chi connectivity index (χ0v) is 13.7. The van der Waals surface area contributed by atoms with Crippen LogP contribution >= 0.6 is 38.9 Å². The SMILES string of the molecule is CCNC(c1cc(Cl)c(Br)s1)C1CC2CCC1C2. The van der Waals surface area contributed by atoms with Crippen LogP contribution in [0.4, 0.5) is 0 Å². The van der Waals surface area contributed by atoms with Crippen molar-refractivity contribution in [2.24, 2.45) is 17.8 Å². The van der Waals surface area contributed by atoms with E-state index >= 15 is 0 Å². The number of fused-ring (bicyclic) bond motifs is 2. The van der Waals surface area contributed by atoms with E-state index in [9.17, 15) is 0 Å². The van der Waals surface area contributed by atoms with Crippen LogP contribution in [-0.4, -0.2) is 6.54 Å². The molecule has 2 fully saturated rings. The zero-order chi connectivity index (χ0) is 12.7. The lowest BCUT2D eigenvalue weighted by atomic mass is 9.82. The summed E-state index contributed by atoms with van der Waals surface area (Å²) in [5.74, 6) is 2.77. The van der Waals surface area contributed by atoms with Crippen molar-refractivity contribution >= 4 is 38.9 Å². The molecule has 2 aliphatic rings. The Morgan fingerprint density at radius 3 is 2.83 bits per heavy atom. The fourth-order valence-electron chi connectivity index (χ4n) is 3.90. The van der Waals surface area contributed by atoms with E-state index in [1.807, 2.05) is 0 Å². The van der Waals surface area contributed by atoms with Crippen LogP contribution in [0.25, 0.3) is 0 Å². The lowest BCUT2D eigenvalue weighted by Gasteiger charge is -2.30. The third-order valence-electron chi connectivity index (χ3n) is 4.62. The van der Waals surface area contributed by atoms with Crippen LogP contribution in [0.3, 0.4) is 0 Å². The van der Waals surface area contributed by atoms with Crippen LogP contribution < -0.4 is 5.32 Å². The normalized spacial score (nSPS) is 32.1. The van der Waals surface area contributed by atoms with Crippen molar-refractivity contribution in [1.82, 2.24) is 5.32 Å². The van der Waals surface area contributed by atoms with Gasteiger partial charge in [-0.1, -0.05) is 24.9 Å². The molecule has 0 radical (unpaired) electrons. The highest BCUT2D eigenvalue weighted by molar-refractivity contribution is 9.11. The topological polar surface area (TPSA) is 12.0 Å². The third kappa shape index (κ3) is 2.39. The van der Waals surface area contributed by atoms with Crippen LogP contribution in [0.15, 0.2) is 9.85 Å². The Kier molecular flexibility index (Phi) is 4.05. The Hall–Kier alpha value is 0.430. The lowest BCUT2D eigenvalue weighted by molar-refractivity contribution is 0.256. The predicted molar refractivity (Wildman–Crippen MR) is 82.4 cm³/mol. The molecule has 4 heteroatoms. The first-order valence-corrected chi connectivity index (χ1v) is 8.86. The molecule has 0 spiro atoms. The molecular formula is C14H19BrClNS. The Morgan fingerprint density at radius 2 is 2.33 bits per heavy atom. The van der Waals surface area contributed by atoms with E-state index in [0.29, 0.717) is 6.04 Å². The molecule has 2 aliphatic carbocycles. The molecule has 18 heavy (non-hydrogen) atoms. The smallest absolute Gasteiger partial charge is 0.0887 e. The summed E-state index contributed by atoms with van der Waals surface area (Å²) in [6.07, 6.45) is 5.79. The molecule has 100 valence electrons. The highest BCUT2D eigenvalue weighted by atomic mass is 79.9. The summed E-state index contributed by atoms with van der Waals surface area (Å²) < 4.78 is 1.07. The van der Waals surface area contributed by atoms with Gasteiger partial charge in [-0.05, 0) is 65.6 Å². The summed E-state index contributed by atoms with van der Waals surface area (Å²) in [5, 5.41) is 4.56. The molecule has 2 saturated carbocycles. The van der Waals surface area contributed by atoms with E-state index in [-0.39, 0.29) is 0 Å². The molecular weight excluding hydrogens is 330 g/mol. The molecule has 1 nitrogen and oxygen atoms in total. The van der Waals surface area contributed by atoms with Crippen molar-refractivity contribution in [2.75, 3.05) is 6.54 Å². The second kappa shape index (κ2) is 5.43. The van der Waals surface area contributed by atoms with Crippen LogP contribution in [0, 0.1) is 17.8 Å². The van der Waals surface area contributed by atoms with Gasteiger partial charge < -0.3 is 5.32 Å². The predicted octanol–water partition coefficient (Wildman–Crippen LogP) is 5.25. The monoisotopic (exact) mass is 347 g/mol. The van der Waals surface area contributed by atoms with Crippen LogP contribution in [0.2, 0.25) is 5.02 Å². The molecule has 1 heterocycles. The zero-order valence-electron chi connectivity index (χ0n) is 10.6. The molecule has 4 atom stereocenters. The molecule has 2 bridgehead atoms. The molecule has 0 amide bonds. The average Bonchev–Trinajstić information content (AvgIpc) is 3.03. The molecule has 0 aliphatic heterocycles. The van der Waals surface area contributed by atoms with Gasteiger partial charge in [-0.15, -0.1) is 11.3 Å². The van der Waals surface area contributed by atoms with E-state index in [1.54, 1.807) is 11.3 Å². The third-order valence-corrected chi connectivity index (χ3v) is 7.17. The van der Waals surface area contributed by atoms with Crippen molar-refractivity contribution in [3.8, 4) is 0 Å². The Balaban J connectivity index is 1.83. The summed E-state index contributed by atoms with van der Waals surface area (Å²) in [6, 6.07) is 2.66. The van der Waals surface area contributed by atoms with E-state index in [1.165, 1.54) is 30.6 Å². The summed E-state index contributed by atoms with van der Waals surface area (Å²) in [6.45, 7) is 3.23. The van der Waals surface area contributed by atoms with Gasteiger partial charge in [-0.3, -0.25) is 0 Å². The van der Waals surface area contributed by atoms with Gasteiger partial charge >= 0.3 is 0 Å². The van der Waals surface area contributed by atoms with Crippen molar-refractivity contribution in [3.05, 3.63) is 19.8 Å². The second-order valence-electron chi connectivity index (χ2n) is 5.64. The minimum atomic E-state index is 0.513. The van der Waals surface area contributed by atoms with Gasteiger partial charge in [0.2, 0.25) is 0 Å². The summed E-state index contributed by atoms with van der Waals surface area (Å²) >= 11 is 11.5. The van der Waals surface area contributed by atoms with Crippen molar-refractivity contribution in [3.63, 3.8) is 0 Å². The van der Waals surface area contributed by atoms with Gasteiger partial charge in [0.1, 0.15) is 0 Å². The van der Waals surface area contributed by atoms with Crippen LogP contribution in [-0.2, 0) is 0 Å².